The molecule has 5 aliphatic heterocycles. The Morgan fingerprint density at radius 3 is 0.880 bits per heavy atom. The van der Waals surface area contributed by atoms with Gasteiger partial charge in [-0.05, 0) is 121 Å². The first-order valence-electron chi connectivity index (χ1n) is 38.8. The lowest BCUT2D eigenvalue weighted by atomic mass is 9.97. The number of hydrogen-bond donors (Lipinski definition) is 4. The fraction of sp³-hybridized carbons (Fsp3) is 0.744. The Hall–Kier alpha value is -4.57. The van der Waals surface area contributed by atoms with E-state index in [1.165, 1.54) is 125 Å². The zero-order valence-corrected chi connectivity index (χ0v) is 70.8. The number of hydrazone groups is 2. The topological polar surface area (TPSA) is 119 Å². The van der Waals surface area contributed by atoms with Crippen molar-refractivity contribution in [1.29, 1.82) is 0 Å². The van der Waals surface area contributed by atoms with E-state index in [0.29, 0.717) is 0 Å². The van der Waals surface area contributed by atoms with Crippen molar-refractivity contribution < 1.29 is 4.74 Å². The maximum atomic E-state index is 4.72. The van der Waals surface area contributed by atoms with Crippen LogP contribution in [0.1, 0.15) is 371 Å². The standard InChI is InChI=1S/C7H12.C7H10.C6H10.C6H8.2C5H7N.C4H8N2.C3H7N3.C3H6N2O.18C2H6/c2*1-7-5-3-2-4-6-7;2*1-6-4-2-3-5-6;1-5-2-3-6-4-5;1-5-3-2-4-6-5;1-2-4-6-5-3-1;1-2-5-6-3-4-1;1-2-6-3-5-4-1;18*1-2/h1-6H2;3,5H,1-2,4,6H2;1-5H2;2,4H,1,3,5H2;2*4H,1-3H2;3,6H,1-2,4H2;3,5H,1-2H2,(H,4,6);3-4H,1-2H2;18*1-2H3. The van der Waals surface area contributed by atoms with Crippen LogP contribution in [0.15, 0.2) is 123 Å². The molecule has 9 rings (SSSR count). The van der Waals surface area contributed by atoms with Crippen LogP contribution in [0.4, 0.5) is 0 Å². The molecular weight excluding hydrogens is 1130 g/mol. The molecule has 92 heavy (non-hydrogen) atoms. The molecule has 0 aromatic rings. The van der Waals surface area contributed by atoms with Crippen LogP contribution in [0.25, 0.3) is 0 Å². The van der Waals surface area contributed by atoms with Crippen LogP contribution in [0.5, 0.6) is 0 Å². The van der Waals surface area contributed by atoms with Gasteiger partial charge in [0.1, 0.15) is 6.61 Å². The minimum atomic E-state index is 0.740. The van der Waals surface area contributed by atoms with Crippen LogP contribution in [0, 0.1) is 0 Å². The van der Waals surface area contributed by atoms with E-state index in [1.54, 1.807) is 6.34 Å². The highest BCUT2D eigenvalue weighted by Gasteiger charge is 2.02. The smallest absolute Gasteiger partial charge is 0.192 e. The molecule has 9 aliphatic rings. The number of allylic oxidation sites excluding steroid dienone is 9. The Morgan fingerprint density at radius 1 is 0.348 bits per heavy atom. The number of hydrazine groups is 1. The highest BCUT2D eigenvalue weighted by atomic mass is 16.5. The first-order chi connectivity index (χ1) is 45.4. The number of aliphatic imine (C=N–C) groups is 3. The van der Waals surface area contributed by atoms with E-state index in [4.69, 9.17) is 4.74 Å². The summed E-state index contributed by atoms with van der Waals surface area (Å²) >= 11 is 0. The molecule has 0 spiro atoms. The maximum absolute atomic E-state index is 4.72. The van der Waals surface area contributed by atoms with E-state index in [2.05, 4.69) is 111 Å². The van der Waals surface area contributed by atoms with Crippen LogP contribution in [0.2, 0.25) is 0 Å². The molecule has 0 aromatic carbocycles. The van der Waals surface area contributed by atoms with Crippen LogP contribution >= 0.6 is 0 Å². The molecule has 4 N–H and O–H groups in total. The molecule has 0 saturated heterocycles. The molecule has 10 heteroatoms. The molecule has 2 saturated carbocycles. The highest BCUT2D eigenvalue weighted by molar-refractivity contribution is 5.79. The van der Waals surface area contributed by atoms with E-state index >= 15 is 0 Å². The second-order valence-corrected chi connectivity index (χ2v) is 14.2. The lowest BCUT2D eigenvalue weighted by Crippen LogP contribution is -2.36. The lowest BCUT2D eigenvalue weighted by Gasteiger charge is -2.10. The number of nitrogens with one attached hydrogen (secondary N) is 4. The van der Waals surface area contributed by atoms with Crippen LogP contribution in [0.3, 0.4) is 0 Å². The molecule has 0 aromatic heterocycles. The highest BCUT2D eigenvalue weighted by Crippen LogP contribution is 2.21. The van der Waals surface area contributed by atoms with Crippen molar-refractivity contribution in [1.82, 2.24) is 21.7 Å². The number of rotatable bonds is 0. The Balaban J connectivity index is -0.0000000395. The van der Waals surface area contributed by atoms with Gasteiger partial charge in [-0.1, -0.05) is 342 Å². The first kappa shape index (κ1) is 135. The molecule has 0 amide bonds. The third-order valence-corrected chi connectivity index (χ3v) is 8.73. The Labute approximate surface area is 588 Å². The second kappa shape index (κ2) is 191. The van der Waals surface area contributed by atoms with Crippen molar-refractivity contribution in [2.24, 2.45) is 25.2 Å². The van der Waals surface area contributed by atoms with Gasteiger partial charge in [0.05, 0.1) is 19.4 Å². The second-order valence-electron chi connectivity index (χ2n) is 14.2. The van der Waals surface area contributed by atoms with Crippen LogP contribution in [-0.2, 0) is 4.74 Å². The predicted octanol–water partition coefficient (Wildman–Crippen LogP) is 28.7. The monoisotopic (exact) mass is 1310 g/mol. The molecule has 0 atom stereocenters. The summed E-state index contributed by atoms with van der Waals surface area (Å²) in [6.07, 6.45) is 41.2. The molecular formula is C82H183N9O. The number of hydrogen-bond acceptors (Lipinski definition) is 10. The zero-order chi connectivity index (χ0) is 76.6. The average molecular weight is 1310 g/mol. The van der Waals surface area contributed by atoms with Gasteiger partial charge < -0.3 is 21.0 Å². The fourth-order valence-corrected chi connectivity index (χ4v) is 5.38. The molecule has 5 heterocycles. The largest absolute Gasteiger partial charge is 0.480 e. The van der Waals surface area contributed by atoms with Gasteiger partial charge in [0.25, 0.3) is 0 Å². The molecule has 0 radical (unpaired) electrons. The van der Waals surface area contributed by atoms with Crippen molar-refractivity contribution in [3.8, 4) is 0 Å². The van der Waals surface area contributed by atoms with Gasteiger partial charge in [-0.3, -0.25) is 15.0 Å². The zero-order valence-electron chi connectivity index (χ0n) is 70.8. The molecule has 10 nitrogen and oxygen atoms in total. The first-order valence-corrected chi connectivity index (χ1v) is 38.8. The summed E-state index contributed by atoms with van der Waals surface area (Å²) in [5.74, 6) is 0. The third kappa shape index (κ3) is 185. The fourth-order valence-electron chi connectivity index (χ4n) is 5.38. The van der Waals surface area contributed by atoms with Gasteiger partial charge in [0.15, 0.2) is 6.40 Å². The van der Waals surface area contributed by atoms with Gasteiger partial charge in [-0.25, -0.2) is 5.43 Å². The summed E-state index contributed by atoms with van der Waals surface area (Å²) in [4.78, 5) is 11.7. The summed E-state index contributed by atoms with van der Waals surface area (Å²) in [5.41, 5.74) is 18.9. The number of ether oxygens (including phenoxy) is 1. The Bertz CT molecular complexity index is 1200. The van der Waals surface area contributed by atoms with Gasteiger partial charge >= 0.3 is 0 Å². The molecule has 562 valence electrons. The lowest BCUT2D eigenvalue weighted by molar-refractivity contribution is 0.293. The summed E-state index contributed by atoms with van der Waals surface area (Å²) in [5, 5.41) is 7.38. The van der Waals surface area contributed by atoms with E-state index in [-0.39, 0.29) is 0 Å². The van der Waals surface area contributed by atoms with E-state index in [0.717, 1.165) is 76.3 Å². The number of nitrogens with zero attached hydrogens (tertiary/aromatic N) is 5. The van der Waals surface area contributed by atoms with Crippen molar-refractivity contribution in [2.45, 2.75) is 371 Å². The Morgan fingerprint density at radius 2 is 0.772 bits per heavy atom. The summed E-state index contributed by atoms with van der Waals surface area (Å²) < 4.78 is 4.72. The van der Waals surface area contributed by atoms with Crippen LogP contribution < -0.4 is 21.7 Å². The summed E-state index contributed by atoms with van der Waals surface area (Å²) in [7, 11) is 0. The Kier molecular flexibility index (Phi) is 282. The maximum Gasteiger partial charge on any atom is 0.192 e. The minimum Gasteiger partial charge on any atom is -0.480 e. The SMILES string of the molecule is C1=NCCNN1.C1=NNCCC1.C1=NNCCO1.C=C1C=CCC1.C=C1C=CCCC1.C=C1C=NCC1.C=C1CCC=N1.C=C1CCCC1.C=C1CCCCC1.CC.CC.CC.CC.CC.CC.CC.CC.CC.CC.CC.CC.CC.CC.CC.CC.CC.CC. The van der Waals surface area contributed by atoms with Crippen molar-refractivity contribution in [2.75, 3.05) is 39.3 Å². The average Bonchev–Trinajstić information content (AvgIpc) is 4.66. The van der Waals surface area contributed by atoms with Crippen molar-refractivity contribution in [3.05, 3.63) is 97.3 Å². The van der Waals surface area contributed by atoms with Crippen molar-refractivity contribution in [3.63, 3.8) is 0 Å². The predicted molar refractivity (Wildman–Crippen MR) is 450 cm³/mol. The van der Waals surface area contributed by atoms with Gasteiger partial charge in [0, 0.05) is 44.0 Å². The normalized spacial score (nSPS) is 13.6. The molecule has 0 unspecified atom stereocenters. The van der Waals surface area contributed by atoms with Crippen molar-refractivity contribution >= 4 is 31.4 Å². The quantitative estimate of drug-likeness (QED) is 0.180. The van der Waals surface area contributed by atoms with E-state index in [1.807, 2.05) is 268 Å². The van der Waals surface area contributed by atoms with Gasteiger partial charge in [-0.15, -0.1) is 5.10 Å². The van der Waals surface area contributed by atoms with Crippen LogP contribution in [-0.4, -0.2) is 70.7 Å². The minimum absolute atomic E-state index is 0.740. The summed E-state index contributed by atoms with van der Waals surface area (Å²) in [6.45, 7) is 100. The molecule has 2 fully saturated rings. The van der Waals surface area contributed by atoms with Gasteiger partial charge in [-0.2, -0.15) is 5.10 Å². The van der Waals surface area contributed by atoms with Gasteiger partial charge in [0.2, 0.25) is 0 Å². The van der Waals surface area contributed by atoms with E-state index in [9.17, 15) is 0 Å². The molecule has 0 bridgehead atoms. The third-order valence-electron chi connectivity index (χ3n) is 8.73. The summed E-state index contributed by atoms with van der Waals surface area (Å²) in [6, 6.07) is 0. The molecule has 4 aliphatic carbocycles. The van der Waals surface area contributed by atoms with E-state index < -0.39 is 0 Å².